The molecule has 1 saturated heterocycles. The van der Waals surface area contributed by atoms with E-state index in [1.807, 2.05) is 6.92 Å². The number of carbonyl (C=O) groups is 2. The Hall–Kier alpha value is -1.47. The van der Waals surface area contributed by atoms with Crippen molar-refractivity contribution in [3.63, 3.8) is 0 Å². The van der Waals surface area contributed by atoms with Crippen molar-refractivity contribution in [2.75, 3.05) is 13.1 Å². The Kier molecular flexibility index (Phi) is 4.95. The van der Waals surface area contributed by atoms with Crippen molar-refractivity contribution in [3.8, 4) is 0 Å². The lowest BCUT2D eigenvalue weighted by molar-refractivity contribution is -0.160. The molecule has 2 atom stereocenters. The van der Waals surface area contributed by atoms with E-state index in [1.165, 1.54) is 11.3 Å². The van der Waals surface area contributed by atoms with Gasteiger partial charge in [-0.1, -0.05) is 6.92 Å². The SMILES string of the molecule is CCCc1nc(C)c(C(=O)N2CC(C(=O)O)O[C@H](C)C2)s1. The fraction of sp³-hybridized carbons (Fsp3) is 0.643. The minimum absolute atomic E-state index is 0.0823. The third kappa shape index (κ3) is 3.59. The van der Waals surface area contributed by atoms with Crippen LogP contribution in [0.4, 0.5) is 0 Å². The molecule has 2 heterocycles. The number of carboxylic acids is 1. The number of thiazole rings is 1. The lowest BCUT2D eigenvalue weighted by Crippen LogP contribution is -2.51. The standard InChI is InChI=1S/C14H20N2O4S/c1-4-5-11-15-9(3)12(21-11)13(17)16-6-8(2)20-10(7-16)14(18)19/h8,10H,4-7H2,1-3H3,(H,18,19)/t8-,10?/m1/s1. The van der Waals surface area contributed by atoms with E-state index in [0.29, 0.717) is 11.4 Å². The summed E-state index contributed by atoms with van der Waals surface area (Å²) in [5.41, 5.74) is 0.722. The Balaban J connectivity index is 2.16. The first-order chi connectivity index (χ1) is 9.92. The molecule has 0 saturated carbocycles. The molecule has 116 valence electrons. The fourth-order valence-corrected chi connectivity index (χ4v) is 3.50. The number of aliphatic carboxylic acids is 1. The van der Waals surface area contributed by atoms with Crippen LogP contribution in [0.1, 0.15) is 40.6 Å². The van der Waals surface area contributed by atoms with Crippen LogP contribution in [0.5, 0.6) is 0 Å². The van der Waals surface area contributed by atoms with Crippen LogP contribution in [0.25, 0.3) is 0 Å². The highest BCUT2D eigenvalue weighted by atomic mass is 32.1. The molecule has 0 aromatic carbocycles. The second-order valence-corrected chi connectivity index (χ2v) is 6.34. The molecular weight excluding hydrogens is 292 g/mol. The van der Waals surface area contributed by atoms with E-state index in [9.17, 15) is 9.59 Å². The number of rotatable bonds is 4. The fourth-order valence-electron chi connectivity index (χ4n) is 2.37. The van der Waals surface area contributed by atoms with Crippen LogP contribution in [0.15, 0.2) is 0 Å². The number of aryl methyl sites for hydroxylation is 2. The first-order valence-electron chi connectivity index (χ1n) is 7.06. The summed E-state index contributed by atoms with van der Waals surface area (Å²) in [7, 11) is 0. The maximum Gasteiger partial charge on any atom is 0.334 e. The number of amides is 1. The predicted octanol–water partition coefficient (Wildman–Crippen LogP) is 1.72. The van der Waals surface area contributed by atoms with Gasteiger partial charge in [0.15, 0.2) is 6.10 Å². The molecule has 0 spiro atoms. The molecule has 1 aliphatic heterocycles. The molecule has 2 rings (SSSR count). The highest BCUT2D eigenvalue weighted by Crippen LogP contribution is 2.23. The van der Waals surface area contributed by atoms with Crippen molar-refractivity contribution in [2.45, 2.75) is 45.8 Å². The van der Waals surface area contributed by atoms with E-state index < -0.39 is 12.1 Å². The summed E-state index contributed by atoms with van der Waals surface area (Å²) < 4.78 is 5.33. The zero-order valence-corrected chi connectivity index (χ0v) is 13.3. The van der Waals surface area contributed by atoms with Crippen molar-refractivity contribution in [2.24, 2.45) is 0 Å². The largest absolute Gasteiger partial charge is 0.479 e. The molecule has 0 bridgehead atoms. The molecule has 1 aliphatic rings. The number of carbonyl (C=O) groups excluding carboxylic acids is 1. The number of aromatic nitrogens is 1. The van der Waals surface area contributed by atoms with E-state index in [4.69, 9.17) is 9.84 Å². The highest BCUT2D eigenvalue weighted by Gasteiger charge is 2.34. The number of hydrogen-bond donors (Lipinski definition) is 1. The maximum atomic E-state index is 12.6. The van der Waals surface area contributed by atoms with Gasteiger partial charge in [-0.25, -0.2) is 9.78 Å². The quantitative estimate of drug-likeness (QED) is 0.915. The summed E-state index contributed by atoms with van der Waals surface area (Å²) in [6, 6.07) is 0. The minimum atomic E-state index is -1.04. The zero-order valence-electron chi connectivity index (χ0n) is 12.5. The summed E-state index contributed by atoms with van der Waals surface area (Å²) >= 11 is 1.41. The molecule has 1 aromatic rings. The third-order valence-corrected chi connectivity index (χ3v) is 4.53. The Labute approximate surface area is 127 Å². The lowest BCUT2D eigenvalue weighted by atomic mass is 10.2. The van der Waals surface area contributed by atoms with Crippen LogP contribution >= 0.6 is 11.3 Å². The molecule has 1 unspecified atom stereocenters. The molecule has 21 heavy (non-hydrogen) atoms. The number of nitrogens with zero attached hydrogens (tertiary/aromatic N) is 2. The van der Waals surface area contributed by atoms with Gasteiger partial charge in [0.2, 0.25) is 0 Å². The van der Waals surface area contributed by atoms with Crippen LogP contribution in [0, 0.1) is 6.92 Å². The summed E-state index contributed by atoms with van der Waals surface area (Å²) in [4.78, 5) is 30.3. The van der Waals surface area contributed by atoms with Gasteiger partial charge in [0, 0.05) is 6.54 Å². The topological polar surface area (TPSA) is 79.7 Å². The van der Waals surface area contributed by atoms with Crippen LogP contribution < -0.4 is 0 Å². The predicted molar refractivity (Wildman–Crippen MR) is 78.7 cm³/mol. The van der Waals surface area contributed by atoms with Gasteiger partial charge < -0.3 is 14.7 Å². The molecule has 1 amide bonds. The first kappa shape index (κ1) is 15.9. The van der Waals surface area contributed by atoms with Gasteiger partial charge in [0.25, 0.3) is 5.91 Å². The van der Waals surface area contributed by atoms with Crippen molar-refractivity contribution < 1.29 is 19.4 Å². The monoisotopic (exact) mass is 312 g/mol. The molecule has 6 nitrogen and oxygen atoms in total. The lowest BCUT2D eigenvalue weighted by Gasteiger charge is -2.34. The third-order valence-electron chi connectivity index (χ3n) is 3.32. The Morgan fingerprint density at radius 3 is 2.81 bits per heavy atom. The van der Waals surface area contributed by atoms with Crippen molar-refractivity contribution in [1.29, 1.82) is 0 Å². The smallest absolute Gasteiger partial charge is 0.334 e. The Morgan fingerprint density at radius 2 is 2.19 bits per heavy atom. The van der Waals surface area contributed by atoms with Gasteiger partial charge in [-0.05, 0) is 26.7 Å². The summed E-state index contributed by atoms with van der Waals surface area (Å²) in [5.74, 6) is -1.18. The van der Waals surface area contributed by atoms with Gasteiger partial charge in [0.1, 0.15) is 4.88 Å². The zero-order chi connectivity index (χ0) is 15.6. The van der Waals surface area contributed by atoms with Crippen LogP contribution in [-0.2, 0) is 16.0 Å². The Morgan fingerprint density at radius 1 is 1.48 bits per heavy atom. The van der Waals surface area contributed by atoms with E-state index >= 15 is 0 Å². The summed E-state index contributed by atoms with van der Waals surface area (Å²) in [6.07, 6.45) is 0.597. The maximum absolute atomic E-state index is 12.6. The number of hydrogen-bond acceptors (Lipinski definition) is 5. The summed E-state index contributed by atoms with van der Waals surface area (Å²) in [5, 5.41) is 10.0. The van der Waals surface area contributed by atoms with Gasteiger partial charge in [-0.3, -0.25) is 4.79 Å². The van der Waals surface area contributed by atoms with Crippen molar-refractivity contribution in [3.05, 3.63) is 15.6 Å². The number of morpholine rings is 1. The van der Waals surface area contributed by atoms with E-state index in [2.05, 4.69) is 11.9 Å². The van der Waals surface area contributed by atoms with Gasteiger partial charge in [-0.15, -0.1) is 11.3 Å². The minimum Gasteiger partial charge on any atom is -0.479 e. The second kappa shape index (κ2) is 6.53. The van der Waals surface area contributed by atoms with Crippen molar-refractivity contribution >= 4 is 23.2 Å². The van der Waals surface area contributed by atoms with E-state index in [0.717, 1.165) is 23.5 Å². The second-order valence-electron chi connectivity index (χ2n) is 5.26. The average Bonchev–Trinajstić information content (AvgIpc) is 2.78. The molecule has 0 radical (unpaired) electrons. The first-order valence-corrected chi connectivity index (χ1v) is 7.87. The van der Waals surface area contributed by atoms with Crippen LogP contribution in [0.2, 0.25) is 0 Å². The molecular formula is C14H20N2O4S. The van der Waals surface area contributed by atoms with Crippen molar-refractivity contribution in [1.82, 2.24) is 9.88 Å². The van der Waals surface area contributed by atoms with Gasteiger partial charge in [-0.2, -0.15) is 0 Å². The highest BCUT2D eigenvalue weighted by molar-refractivity contribution is 7.13. The molecule has 1 fully saturated rings. The van der Waals surface area contributed by atoms with E-state index in [1.54, 1.807) is 11.8 Å². The van der Waals surface area contributed by atoms with Crippen LogP contribution in [0.3, 0.4) is 0 Å². The number of ether oxygens (including phenoxy) is 1. The molecule has 0 aliphatic carbocycles. The van der Waals surface area contributed by atoms with E-state index in [-0.39, 0.29) is 18.6 Å². The molecule has 1 N–H and O–H groups in total. The summed E-state index contributed by atoms with van der Waals surface area (Å²) in [6.45, 7) is 6.15. The Bertz CT molecular complexity index is 543. The molecule has 7 heteroatoms. The van der Waals surface area contributed by atoms with Gasteiger partial charge in [0.05, 0.1) is 23.4 Å². The van der Waals surface area contributed by atoms with Crippen LogP contribution in [-0.4, -0.2) is 52.2 Å². The van der Waals surface area contributed by atoms with Gasteiger partial charge >= 0.3 is 5.97 Å². The molecule has 1 aromatic heterocycles. The number of carboxylic acid groups (broad SMARTS) is 1. The normalized spacial score (nSPS) is 22.3. The average molecular weight is 312 g/mol.